The Bertz CT molecular complexity index is 1250. The molecule has 42 heavy (non-hydrogen) atoms. The van der Waals surface area contributed by atoms with Crippen LogP contribution in [0.5, 0.6) is 11.5 Å². The van der Waals surface area contributed by atoms with Crippen LogP contribution < -0.4 is 14.8 Å². The van der Waals surface area contributed by atoms with Crippen molar-refractivity contribution in [3.05, 3.63) is 131 Å². The molecule has 0 aliphatic heterocycles. The SMILES string of the molecule is CNCCC(Oc1ccccc1C)c1ccccc1.Cc1ccccc1OC(CCN(C)C)c1ccccc1.[I][V][I]. The monoisotopic (exact) mass is 829 g/mol. The average molecular weight is 830 g/mol. The third kappa shape index (κ3) is 14.3. The molecule has 0 aliphatic carbocycles. The summed E-state index contributed by atoms with van der Waals surface area (Å²) in [6.45, 7) is 6.11. The molecule has 2 unspecified atom stereocenters. The Hall–Kier alpha value is -1.56. The third-order valence-corrected chi connectivity index (χ3v) is 6.56. The van der Waals surface area contributed by atoms with E-state index in [2.05, 4.69) is 139 Å². The number of para-hydroxylation sites is 2. The van der Waals surface area contributed by atoms with Crippen molar-refractivity contribution in [1.82, 2.24) is 10.2 Å². The predicted octanol–water partition coefficient (Wildman–Crippen LogP) is 9.56. The zero-order valence-electron chi connectivity index (χ0n) is 25.3. The van der Waals surface area contributed by atoms with E-state index >= 15 is 0 Å². The normalized spacial score (nSPS) is 11.7. The molecule has 0 amide bonds. The van der Waals surface area contributed by atoms with Gasteiger partial charge in [0.2, 0.25) is 0 Å². The molecule has 4 aromatic carbocycles. The standard InChI is InChI=1S/C18H23NO.C17H21NO.2HI.V/c1-15-9-7-8-12-17(15)20-18(13-14-19(2)3)16-10-5-4-6-11-16;1-14-8-6-7-11-16(14)19-17(12-13-18-2)15-9-4-3-5-10-15;;;/h4-12,18H,13-14H2,1-3H3;3-11,17-18H,12-13H2,1-2H3;2*1H;/q;;;;+2/p-2. The number of aryl methyl sites for hydroxylation is 2. The summed E-state index contributed by atoms with van der Waals surface area (Å²) in [6, 6.07) is 37.2. The number of nitrogens with one attached hydrogen (secondary N) is 1. The van der Waals surface area contributed by atoms with Crippen LogP contribution in [-0.4, -0.2) is 39.1 Å². The number of halogens is 2. The molecule has 4 nitrogen and oxygen atoms in total. The Morgan fingerprint density at radius 3 is 1.40 bits per heavy atom. The fourth-order valence-corrected chi connectivity index (χ4v) is 4.26. The molecule has 7 heteroatoms. The predicted molar refractivity (Wildman–Crippen MR) is 192 cm³/mol. The van der Waals surface area contributed by atoms with Crippen molar-refractivity contribution < 1.29 is 18.9 Å². The second kappa shape index (κ2) is 22.0. The fourth-order valence-electron chi connectivity index (χ4n) is 4.26. The fraction of sp³-hybridized carbons (Fsp3) is 0.314. The van der Waals surface area contributed by atoms with E-state index in [0.29, 0.717) is 9.47 Å². The molecule has 0 saturated carbocycles. The zero-order chi connectivity index (χ0) is 30.6. The van der Waals surface area contributed by atoms with Crippen molar-refractivity contribution >= 4 is 40.0 Å². The molecular weight excluding hydrogens is 785 g/mol. The van der Waals surface area contributed by atoms with Crippen molar-refractivity contribution in [3.63, 3.8) is 0 Å². The van der Waals surface area contributed by atoms with Crippen molar-refractivity contribution in [2.75, 3.05) is 34.2 Å². The quantitative estimate of drug-likeness (QED) is 0.144. The summed E-state index contributed by atoms with van der Waals surface area (Å²) in [5.74, 6) is 1.94. The molecule has 225 valence electrons. The van der Waals surface area contributed by atoms with Gasteiger partial charge in [0.05, 0.1) is 0 Å². The first-order valence-electron chi connectivity index (χ1n) is 14.2. The van der Waals surface area contributed by atoms with E-state index in [-0.39, 0.29) is 12.2 Å². The molecule has 0 bridgehead atoms. The van der Waals surface area contributed by atoms with Crippen LogP contribution in [0.4, 0.5) is 0 Å². The minimum atomic E-state index is 0.0924. The summed E-state index contributed by atoms with van der Waals surface area (Å²) in [7, 11) is 6.78. The van der Waals surface area contributed by atoms with Gasteiger partial charge in [-0.15, -0.1) is 0 Å². The van der Waals surface area contributed by atoms with E-state index < -0.39 is 0 Å². The molecule has 0 aromatic heterocycles. The molecule has 2 atom stereocenters. The van der Waals surface area contributed by atoms with Crippen LogP contribution in [0, 0.1) is 13.8 Å². The minimum absolute atomic E-state index is 0.0924. The van der Waals surface area contributed by atoms with Gasteiger partial charge in [-0.3, -0.25) is 0 Å². The second-order valence-corrected chi connectivity index (χ2v) is 21.9. The van der Waals surface area contributed by atoms with Crippen molar-refractivity contribution in [2.24, 2.45) is 0 Å². The molecule has 0 saturated heterocycles. The topological polar surface area (TPSA) is 33.7 Å². The number of hydrogen-bond donors (Lipinski definition) is 1. The Morgan fingerprint density at radius 2 is 1.02 bits per heavy atom. The Labute approximate surface area is 282 Å². The average Bonchev–Trinajstić information content (AvgIpc) is 3.01. The number of rotatable bonds is 12. The van der Waals surface area contributed by atoms with Gasteiger partial charge in [-0.25, -0.2) is 0 Å². The van der Waals surface area contributed by atoms with Gasteiger partial charge in [-0.1, -0.05) is 97.1 Å². The van der Waals surface area contributed by atoms with Gasteiger partial charge < -0.3 is 19.7 Å². The molecule has 0 aliphatic rings. The Balaban J connectivity index is 0.000000269. The number of ether oxygens (including phenoxy) is 2. The maximum atomic E-state index is 6.26. The summed E-state index contributed by atoms with van der Waals surface area (Å²) in [4.78, 5) is 2.19. The second-order valence-electron chi connectivity index (χ2n) is 10.1. The van der Waals surface area contributed by atoms with E-state index in [1.165, 1.54) is 22.3 Å². The van der Waals surface area contributed by atoms with Crippen LogP contribution in [0.1, 0.15) is 47.3 Å². The summed E-state index contributed by atoms with van der Waals surface area (Å²) in [5, 5.41) is 3.19. The number of nitrogens with zero attached hydrogens (tertiary/aromatic N) is 1. The molecule has 0 spiro atoms. The first kappa shape index (κ1) is 36.6. The molecule has 4 rings (SSSR count). The van der Waals surface area contributed by atoms with Gasteiger partial charge in [0.15, 0.2) is 0 Å². The first-order valence-corrected chi connectivity index (χ1v) is 23.2. The Morgan fingerprint density at radius 1 is 0.643 bits per heavy atom. The molecular formula is C35H44I2N2O2V. The molecule has 4 aromatic rings. The van der Waals surface area contributed by atoms with E-state index in [1.807, 2.05) is 55.6 Å². The molecule has 1 N–H and O–H groups in total. The van der Waals surface area contributed by atoms with Gasteiger partial charge in [0, 0.05) is 19.4 Å². The summed E-state index contributed by atoms with van der Waals surface area (Å²) >= 11 is 4.74. The molecule has 0 radical (unpaired) electrons. The van der Waals surface area contributed by atoms with Crippen LogP contribution in [0.25, 0.3) is 0 Å². The summed E-state index contributed by atoms with van der Waals surface area (Å²) in [6.07, 6.45) is 2.12. The summed E-state index contributed by atoms with van der Waals surface area (Å²) < 4.78 is 12.4. The van der Waals surface area contributed by atoms with Gasteiger partial charge in [0.25, 0.3) is 0 Å². The first-order chi connectivity index (χ1) is 20.4. The van der Waals surface area contributed by atoms with E-state index in [0.717, 1.165) is 37.4 Å². The van der Waals surface area contributed by atoms with Crippen LogP contribution in [0.3, 0.4) is 0 Å². The van der Waals surface area contributed by atoms with E-state index in [4.69, 9.17) is 9.47 Å². The van der Waals surface area contributed by atoms with E-state index in [9.17, 15) is 0 Å². The van der Waals surface area contributed by atoms with Crippen LogP contribution >= 0.6 is 40.0 Å². The number of benzene rings is 4. The maximum absolute atomic E-state index is 6.26. The molecule has 0 fully saturated rings. The van der Waals surface area contributed by atoms with Crippen LogP contribution in [0.15, 0.2) is 109 Å². The number of hydrogen-bond acceptors (Lipinski definition) is 4. The van der Waals surface area contributed by atoms with Crippen LogP contribution in [-0.2, 0) is 9.47 Å². The zero-order valence-corrected chi connectivity index (χ0v) is 31.1. The van der Waals surface area contributed by atoms with Crippen molar-refractivity contribution in [3.8, 4) is 11.5 Å². The van der Waals surface area contributed by atoms with Gasteiger partial charge in [-0.2, -0.15) is 0 Å². The van der Waals surface area contributed by atoms with Gasteiger partial charge in [-0.05, 0) is 75.9 Å². The van der Waals surface area contributed by atoms with Crippen molar-refractivity contribution in [2.45, 2.75) is 38.9 Å². The van der Waals surface area contributed by atoms with Crippen molar-refractivity contribution in [1.29, 1.82) is 0 Å². The van der Waals surface area contributed by atoms with Gasteiger partial charge in [0.1, 0.15) is 23.7 Å². The third-order valence-electron chi connectivity index (χ3n) is 6.56. The van der Waals surface area contributed by atoms with Crippen LogP contribution in [0.2, 0.25) is 0 Å². The van der Waals surface area contributed by atoms with E-state index in [1.54, 1.807) is 0 Å². The molecule has 0 heterocycles. The Kier molecular flexibility index (Phi) is 19.2. The van der Waals surface area contributed by atoms with Gasteiger partial charge >= 0.3 is 49.4 Å². The summed E-state index contributed by atoms with van der Waals surface area (Å²) in [5.41, 5.74) is 4.81.